The molecule has 0 amide bonds. The predicted octanol–water partition coefficient (Wildman–Crippen LogP) is 10.8. The minimum Gasteiger partial charge on any atom is -0.0616 e. The highest BCUT2D eigenvalue weighted by atomic mass is 14.2. The van der Waals surface area contributed by atoms with Gasteiger partial charge in [-0.05, 0) is 88.2 Å². The van der Waals surface area contributed by atoms with Gasteiger partial charge in [-0.25, -0.2) is 0 Å². The molecule has 176 valence electrons. The summed E-state index contributed by atoms with van der Waals surface area (Å²) in [5.41, 5.74) is 5.11. The Bertz CT molecular complexity index is 2170. The van der Waals surface area contributed by atoms with Gasteiger partial charge in [-0.15, -0.1) is 0 Å². The summed E-state index contributed by atoms with van der Waals surface area (Å²) in [5, 5.41) is 12.9. The van der Waals surface area contributed by atoms with Crippen LogP contribution in [-0.4, -0.2) is 0 Å². The Morgan fingerprint density at radius 3 is 1.61 bits per heavy atom. The highest BCUT2D eigenvalue weighted by Crippen LogP contribution is 2.41. The maximum atomic E-state index is 2.39. The van der Waals surface area contributed by atoms with Crippen molar-refractivity contribution in [3.63, 3.8) is 0 Å². The lowest BCUT2D eigenvalue weighted by Gasteiger charge is -2.15. The van der Waals surface area contributed by atoms with Crippen molar-refractivity contribution >= 4 is 53.9 Å². The third kappa shape index (κ3) is 3.17. The third-order valence-corrected chi connectivity index (χ3v) is 8.02. The number of benzene rings is 8. The Labute approximate surface area is 221 Å². The molecule has 8 rings (SSSR count). The third-order valence-electron chi connectivity index (χ3n) is 8.02. The Hall–Kier alpha value is -4.94. The molecule has 8 aromatic carbocycles. The average molecular weight is 481 g/mol. The van der Waals surface area contributed by atoms with Gasteiger partial charge in [-0.3, -0.25) is 0 Å². The van der Waals surface area contributed by atoms with Gasteiger partial charge in [0.2, 0.25) is 0 Å². The Balaban J connectivity index is 1.41. The van der Waals surface area contributed by atoms with E-state index in [0.29, 0.717) is 0 Å². The lowest BCUT2D eigenvalue weighted by atomic mass is 9.88. The molecule has 0 unspecified atom stereocenters. The van der Waals surface area contributed by atoms with E-state index in [1.54, 1.807) is 0 Å². The second-order valence-corrected chi connectivity index (χ2v) is 10.1. The van der Waals surface area contributed by atoms with Crippen molar-refractivity contribution in [1.82, 2.24) is 0 Å². The van der Waals surface area contributed by atoms with Crippen LogP contribution >= 0.6 is 0 Å². The second-order valence-electron chi connectivity index (χ2n) is 10.1. The van der Waals surface area contributed by atoms with Crippen molar-refractivity contribution in [2.75, 3.05) is 0 Å². The van der Waals surface area contributed by atoms with Crippen molar-refractivity contribution in [2.24, 2.45) is 0 Å². The summed E-state index contributed by atoms with van der Waals surface area (Å²) in [7, 11) is 0. The van der Waals surface area contributed by atoms with Gasteiger partial charge in [-0.1, -0.05) is 133 Å². The molecule has 0 aromatic heterocycles. The van der Waals surface area contributed by atoms with Crippen molar-refractivity contribution in [2.45, 2.75) is 0 Å². The molecule has 0 saturated heterocycles. The van der Waals surface area contributed by atoms with Crippen molar-refractivity contribution in [1.29, 1.82) is 0 Å². The van der Waals surface area contributed by atoms with Crippen LogP contribution in [0.25, 0.3) is 76.1 Å². The lowest BCUT2D eigenvalue weighted by Crippen LogP contribution is -1.88. The van der Waals surface area contributed by atoms with Gasteiger partial charge in [0.15, 0.2) is 0 Å². The summed E-state index contributed by atoms with van der Waals surface area (Å²) in [6.45, 7) is 0. The van der Waals surface area contributed by atoms with Crippen LogP contribution < -0.4 is 0 Å². The van der Waals surface area contributed by atoms with Gasteiger partial charge in [0.05, 0.1) is 0 Å². The Morgan fingerprint density at radius 2 is 0.842 bits per heavy atom. The quantitative estimate of drug-likeness (QED) is 0.216. The SMILES string of the molecule is c1ccc2c(-c3ccc4c(ccc5cc(-c6cccc7ccccc67)c6ccccc6c54)c3)cccc2c1. The normalized spacial score (nSPS) is 11.7. The minimum atomic E-state index is 1.25. The summed E-state index contributed by atoms with van der Waals surface area (Å²) < 4.78 is 0. The first-order valence-electron chi connectivity index (χ1n) is 13.2. The molecule has 0 aliphatic rings. The highest BCUT2D eigenvalue weighted by Gasteiger charge is 2.13. The van der Waals surface area contributed by atoms with Crippen LogP contribution in [0.4, 0.5) is 0 Å². The van der Waals surface area contributed by atoms with Crippen molar-refractivity contribution in [3.8, 4) is 22.3 Å². The largest absolute Gasteiger partial charge is 0.0616 e. The van der Waals surface area contributed by atoms with Gasteiger partial charge in [0.1, 0.15) is 0 Å². The van der Waals surface area contributed by atoms with Crippen LogP contribution in [0.1, 0.15) is 0 Å². The van der Waals surface area contributed by atoms with Crippen LogP contribution in [0, 0.1) is 0 Å². The van der Waals surface area contributed by atoms with E-state index in [9.17, 15) is 0 Å². The van der Waals surface area contributed by atoms with Gasteiger partial charge >= 0.3 is 0 Å². The first-order valence-corrected chi connectivity index (χ1v) is 13.2. The number of hydrogen-bond acceptors (Lipinski definition) is 0. The maximum Gasteiger partial charge on any atom is -0.00264 e. The summed E-state index contributed by atoms with van der Waals surface area (Å²) in [6, 6.07) is 53.3. The molecule has 0 N–H and O–H groups in total. The molecule has 0 nitrogen and oxygen atoms in total. The van der Waals surface area contributed by atoms with E-state index in [4.69, 9.17) is 0 Å². The van der Waals surface area contributed by atoms with Crippen LogP contribution in [-0.2, 0) is 0 Å². The molecule has 0 atom stereocenters. The monoisotopic (exact) mass is 480 g/mol. The van der Waals surface area contributed by atoms with Crippen LogP contribution in [0.3, 0.4) is 0 Å². The Morgan fingerprint density at radius 1 is 0.263 bits per heavy atom. The van der Waals surface area contributed by atoms with Crippen LogP contribution in [0.15, 0.2) is 146 Å². The fourth-order valence-corrected chi connectivity index (χ4v) is 6.26. The molecular weight excluding hydrogens is 456 g/mol. The van der Waals surface area contributed by atoms with E-state index in [1.807, 2.05) is 0 Å². The summed E-state index contributed by atoms with van der Waals surface area (Å²) in [6.07, 6.45) is 0. The van der Waals surface area contributed by atoms with Crippen molar-refractivity contribution in [3.05, 3.63) is 146 Å². The van der Waals surface area contributed by atoms with Gasteiger partial charge in [0, 0.05) is 0 Å². The first-order chi connectivity index (χ1) is 18.8. The minimum absolute atomic E-state index is 1.25. The molecule has 0 bridgehead atoms. The maximum absolute atomic E-state index is 2.39. The van der Waals surface area contributed by atoms with Crippen LogP contribution in [0.5, 0.6) is 0 Å². The molecule has 0 fully saturated rings. The molecule has 8 aromatic rings. The number of rotatable bonds is 2. The van der Waals surface area contributed by atoms with E-state index in [2.05, 4.69) is 146 Å². The van der Waals surface area contributed by atoms with E-state index in [0.717, 1.165) is 0 Å². The second kappa shape index (κ2) is 8.30. The molecule has 0 spiro atoms. The molecule has 0 saturated carbocycles. The first kappa shape index (κ1) is 21.2. The fourth-order valence-electron chi connectivity index (χ4n) is 6.26. The zero-order chi connectivity index (χ0) is 25.1. The molecule has 0 aliphatic heterocycles. The number of fused-ring (bicyclic) bond motifs is 7. The van der Waals surface area contributed by atoms with Gasteiger partial charge < -0.3 is 0 Å². The zero-order valence-electron chi connectivity index (χ0n) is 20.9. The molecule has 0 heterocycles. The zero-order valence-corrected chi connectivity index (χ0v) is 20.9. The molecule has 0 aliphatic carbocycles. The molecule has 0 radical (unpaired) electrons. The summed E-state index contributed by atoms with van der Waals surface area (Å²) in [5.74, 6) is 0. The topological polar surface area (TPSA) is 0 Å². The highest BCUT2D eigenvalue weighted by molar-refractivity contribution is 6.24. The average Bonchev–Trinajstić information content (AvgIpc) is 2.99. The summed E-state index contributed by atoms with van der Waals surface area (Å²) in [4.78, 5) is 0. The fraction of sp³-hybridized carbons (Fsp3) is 0. The Kier molecular flexibility index (Phi) is 4.62. The smallest absolute Gasteiger partial charge is 0.00264 e. The van der Waals surface area contributed by atoms with Gasteiger partial charge in [0.25, 0.3) is 0 Å². The van der Waals surface area contributed by atoms with E-state index >= 15 is 0 Å². The molecule has 38 heavy (non-hydrogen) atoms. The number of hydrogen-bond donors (Lipinski definition) is 0. The van der Waals surface area contributed by atoms with Crippen LogP contribution in [0.2, 0.25) is 0 Å². The predicted molar refractivity (Wildman–Crippen MR) is 165 cm³/mol. The lowest BCUT2D eigenvalue weighted by molar-refractivity contribution is 1.68. The summed E-state index contributed by atoms with van der Waals surface area (Å²) >= 11 is 0. The van der Waals surface area contributed by atoms with E-state index in [-0.39, 0.29) is 0 Å². The van der Waals surface area contributed by atoms with Gasteiger partial charge in [-0.2, -0.15) is 0 Å². The molecule has 0 heteroatoms. The van der Waals surface area contributed by atoms with E-state index < -0.39 is 0 Å². The van der Waals surface area contributed by atoms with Crippen molar-refractivity contribution < 1.29 is 0 Å². The standard InChI is InChI=1S/C38H24/c1-3-13-30-25(9-1)11-7-17-32(30)27-21-22-33-28(23-27)19-20-29-24-37(35-15-5-6-16-36(35)38(29)33)34-18-8-12-26-10-2-4-14-31(26)34/h1-24H. The van der Waals surface area contributed by atoms with E-state index in [1.165, 1.54) is 76.1 Å². The molecular formula is C38H24.